The van der Waals surface area contributed by atoms with Crippen molar-refractivity contribution in [2.45, 2.75) is 36.1 Å². The van der Waals surface area contributed by atoms with Crippen molar-refractivity contribution in [2.24, 2.45) is 5.73 Å². The fourth-order valence-corrected chi connectivity index (χ4v) is 3.13. The van der Waals surface area contributed by atoms with Gasteiger partial charge in [-0.1, -0.05) is 18.9 Å². The van der Waals surface area contributed by atoms with Crippen molar-refractivity contribution in [2.75, 3.05) is 6.26 Å². The van der Waals surface area contributed by atoms with Crippen molar-refractivity contribution in [3.63, 3.8) is 0 Å². The van der Waals surface area contributed by atoms with Crippen molar-refractivity contribution in [1.29, 1.82) is 0 Å². The van der Waals surface area contributed by atoms with E-state index in [1.165, 1.54) is 12.1 Å². The molecule has 3 nitrogen and oxygen atoms in total. The Balaban J connectivity index is 2.44. The van der Waals surface area contributed by atoms with Gasteiger partial charge in [-0.15, -0.1) is 0 Å². The lowest BCUT2D eigenvalue weighted by Crippen LogP contribution is -2.33. The van der Waals surface area contributed by atoms with Gasteiger partial charge < -0.3 is 5.73 Å². The first kappa shape index (κ1) is 12.5. The maximum Gasteiger partial charge on any atom is 0.178 e. The second-order valence-electron chi connectivity index (χ2n) is 4.78. The highest BCUT2D eigenvalue weighted by atomic mass is 32.2. The Morgan fingerprint density at radius 2 is 1.88 bits per heavy atom. The predicted octanol–water partition coefficient (Wildman–Crippen LogP) is 1.96. The molecular formula is C12H16FNO2S. The molecular weight excluding hydrogens is 241 g/mol. The molecule has 0 heterocycles. The summed E-state index contributed by atoms with van der Waals surface area (Å²) in [7, 11) is -3.51. The molecule has 0 atom stereocenters. The van der Waals surface area contributed by atoms with E-state index < -0.39 is 21.2 Å². The monoisotopic (exact) mass is 257 g/mol. The third-order valence-electron chi connectivity index (χ3n) is 3.40. The average molecular weight is 257 g/mol. The van der Waals surface area contributed by atoms with Crippen LogP contribution < -0.4 is 5.73 Å². The molecule has 0 saturated heterocycles. The lowest BCUT2D eigenvalue weighted by atomic mass is 9.89. The van der Waals surface area contributed by atoms with Gasteiger partial charge in [0.25, 0.3) is 0 Å². The molecule has 2 rings (SSSR count). The summed E-state index contributed by atoms with van der Waals surface area (Å²) in [4.78, 5) is -0.261. The Labute approximate surface area is 101 Å². The maximum atomic E-state index is 13.7. The minimum absolute atomic E-state index is 0.261. The number of rotatable bonds is 2. The Morgan fingerprint density at radius 3 is 2.35 bits per heavy atom. The Kier molecular flexibility index (Phi) is 2.99. The van der Waals surface area contributed by atoms with Gasteiger partial charge in [0, 0.05) is 11.8 Å². The van der Waals surface area contributed by atoms with E-state index in [2.05, 4.69) is 0 Å². The maximum absolute atomic E-state index is 13.7. The van der Waals surface area contributed by atoms with Gasteiger partial charge in [-0.25, -0.2) is 12.8 Å². The van der Waals surface area contributed by atoms with Crippen LogP contribution in [-0.4, -0.2) is 14.7 Å². The number of benzene rings is 1. The van der Waals surface area contributed by atoms with Crippen LogP contribution in [0.1, 0.15) is 31.2 Å². The normalized spacial score (nSPS) is 19.5. The molecule has 1 aromatic rings. The summed E-state index contributed by atoms with van der Waals surface area (Å²) in [6.07, 6.45) is 4.71. The van der Waals surface area contributed by atoms with E-state index in [0.29, 0.717) is 5.56 Å². The van der Waals surface area contributed by atoms with Crippen LogP contribution in [-0.2, 0) is 15.4 Å². The van der Waals surface area contributed by atoms with Crippen molar-refractivity contribution in [3.05, 3.63) is 29.6 Å². The summed E-state index contributed by atoms with van der Waals surface area (Å²) in [6, 6.07) is 4.21. The van der Waals surface area contributed by atoms with Crippen LogP contribution in [0.25, 0.3) is 0 Å². The van der Waals surface area contributed by atoms with Gasteiger partial charge in [0.05, 0.1) is 0 Å². The van der Waals surface area contributed by atoms with E-state index in [9.17, 15) is 12.8 Å². The third-order valence-corrected chi connectivity index (χ3v) is 4.53. The molecule has 2 N–H and O–H groups in total. The first-order valence-electron chi connectivity index (χ1n) is 5.62. The minimum Gasteiger partial charge on any atom is -0.321 e. The Bertz CT molecular complexity index is 533. The zero-order valence-corrected chi connectivity index (χ0v) is 10.6. The third kappa shape index (κ3) is 2.35. The zero-order chi connectivity index (χ0) is 12.7. The first-order valence-corrected chi connectivity index (χ1v) is 7.51. The second-order valence-corrected chi connectivity index (χ2v) is 6.76. The predicted molar refractivity (Wildman–Crippen MR) is 63.8 cm³/mol. The van der Waals surface area contributed by atoms with Crippen LogP contribution >= 0.6 is 0 Å². The Hall–Kier alpha value is -0.940. The number of nitrogens with two attached hydrogens (primary N) is 1. The van der Waals surface area contributed by atoms with Crippen LogP contribution in [0.5, 0.6) is 0 Å². The summed E-state index contributed by atoms with van der Waals surface area (Å²) >= 11 is 0. The number of sulfone groups is 1. The molecule has 0 aromatic heterocycles. The molecule has 17 heavy (non-hydrogen) atoms. The van der Waals surface area contributed by atoms with Gasteiger partial charge in [-0.3, -0.25) is 0 Å². The van der Waals surface area contributed by atoms with Gasteiger partial charge in [-0.05, 0) is 30.5 Å². The molecule has 0 aliphatic heterocycles. The van der Waals surface area contributed by atoms with E-state index in [-0.39, 0.29) is 4.90 Å². The van der Waals surface area contributed by atoms with Crippen LogP contribution in [0.3, 0.4) is 0 Å². The second kappa shape index (κ2) is 4.07. The van der Waals surface area contributed by atoms with Gasteiger partial charge in [-0.2, -0.15) is 0 Å². The topological polar surface area (TPSA) is 60.2 Å². The molecule has 1 aromatic carbocycles. The zero-order valence-electron chi connectivity index (χ0n) is 9.74. The Morgan fingerprint density at radius 1 is 1.29 bits per heavy atom. The van der Waals surface area contributed by atoms with E-state index in [0.717, 1.165) is 31.9 Å². The average Bonchev–Trinajstić information content (AvgIpc) is 2.64. The summed E-state index contributed by atoms with van der Waals surface area (Å²) in [5, 5.41) is 0. The highest BCUT2D eigenvalue weighted by Gasteiger charge is 2.32. The van der Waals surface area contributed by atoms with Crippen LogP contribution in [0.15, 0.2) is 23.1 Å². The largest absolute Gasteiger partial charge is 0.321 e. The van der Waals surface area contributed by atoms with E-state index in [4.69, 9.17) is 5.73 Å². The molecule has 1 aliphatic carbocycles. The molecule has 0 spiro atoms. The quantitative estimate of drug-likeness (QED) is 0.881. The van der Waals surface area contributed by atoms with Gasteiger partial charge >= 0.3 is 0 Å². The number of hydrogen-bond acceptors (Lipinski definition) is 3. The highest BCUT2D eigenvalue weighted by molar-refractivity contribution is 7.90. The number of halogens is 1. The molecule has 0 amide bonds. The molecule has 94 valence electrons. The summed E-state index contributed by atoms with van der Waals surface area (Å²) in [5.41, 5.74) is 6.40. The lowest BCUT2D eigenvalue weighted by Gasteiger charge is -2.24. The SMILES string of the molecule is CS(=O)(=O)c1ccc(C2(N)CCCC2)cc1F. The van der Waals surface area contributed by atoms with Crippen LogP contribution in [0.4, 0.5) is 4.39 Å². The minimum atomic E-state index is -3.51. The highest BCUT2D eigenvalue weighted by Crippen LogP contribution is 2.37. The standard InChI is InChI=1S/C12H16FNO2S/c1-17(15,16)11-5-4-9(8-10(11)13)12(14)6-2-3-7-12/h4-5,8H,2-3,6-7,14H2,1H3. The molecule has 5 heteroatoms. The molecule has 1 fully saturated rings. The van der Waals surface area contributed by atoms with E-state index in [1.54, 1.807) is 6.07 Å². The van der Waals surface area contributed by atoms with E-state index >= 15 is 0 Å². The van der Waals surface area contributed by atoms with Gasteiger partial charge in [0.15, 0.2) is 9.84 Å². The smallest absolute Gasteiger partial charge is 0.178 e. The summed E-state index contributed by atoms with van der Waals surface area (Å²) in [5.74, 6) is -0.707. The van der Waals surface area contributed by atoms with Crippen LogP contribution in [0, 0.1) is 5.82 Å². The molecule has 1 saturated carbocycles. The van der Waals surface area contributed by atoms with Crippen LogP contribution in [0.2, 0.25) is 0 Å². The van der Waals surface area contributed by atoms with Crippen molar-refractivity contribution in [3.8, 4) is 0 Å². The molecule has 0 bridgehead atoms. The first-order chi connectivity index (χ1) is 7.83. The fraction of sp³-hybridized carbons (Fsp3) is 0.500. The summed E-state index contributed by atoms with van der Waals surface area (Å²) < 4.78 is 36.3. The molecule has 1 aliphatic rings. The van der Waals surface area contributed by atoms with Gasteiger partial charge in [0.1, 0.15) is 10.7 Å². The molecule has 0 radical (unpaired) electrons. The van der Waals surface area contributed by atoms with Crippen molar-refractivity contribution >= 4 is 9.84 Å². The van der Waals surface area contributed by atoms with Crippen molar-refractivity contribution < 1.29 is 12.8 Å². The van der Waals surface area contributed by atoms with Gasteiger partial charge in [0.2, 0.25) is 0 Å². The van der Waals surface area contributed by atoms with Crippen molar-refractivity contribution in [1.82, 2.24) is 0 Å². The lowest BCUT2D eigenvalue weighted by molar-refractivity contribution is 0.456. The fourth-order valence-electron chi connectivity index (χ4n) is 2.41. The molecule has 0 unspecified atom stereocenters. The summed E-state index contributed by atoms with van der Waals surface area (Å²) in [6.45, 7) is 0. The number of hydrogen-bond donors (Lipinski definition) is 1. The van der Waals surface area contributed by atoms with E-state index in [1.807, 2.05) is 0 Å².